The number of para-hydroxylation sites is 1. The Morgan fingerprint density at radius 3 is 2.75 bits per heavy atom. The van der Waals surface area contributed by atoms with Crippen LogP contribution in [-0.4, -0.2) is 16.9 Å². The van der Waals surface area contributed by atoms with Crippen LogP contribution in [0, 0.1) is 0 Å². The van der Waals surface area contributed by atoms with Crippen molar-refractivity contribution < 1.29 is 4.79 Å². The van der Waals surface area contributed by atoms with E-state index in [1.165, 1.54) is 0 Å². The summed E-state index contributed by atoms with van der Waals surface area (Å²) in [5.74, 6) is -0.0701. The van der Waals surface area contributed by atoms with Crippen LogP contribution in [0.2, 0.25) is 0 Å². The molecule has 0 atom stereocenters. The number of nitrogens with zero attached hydrogens (tertiary/aromatic N) is 1. The summed E-state index contributed by atoms with van der Waals surface area (Å²) < 4.78 is 0. The molecule has 0 bridgehead atoms. The fraction of sp³-hybridized carbons (Fsp3) is 0.231. The number of carbonyl (C=O) groups excluding carboxylic acids is 1. The van der Waals surface area contributed by atoms with Gasteiger partial charge in [-0.1, -0.05) is 18.2 Å². The second kappa shape index (κ2) is 4.31. The summed E-state index contributed by atoms with van der Waals surface area (Å²) in [5.41, 5.74) is 1.38. The molecule has 2 aromatic rings. The highest BCUT2D eigenvalue weighted by Crippen LogP contribution is 2.15. The predicted octanol–water partition coefficient (Wildman–Crippen LogP) is 2.37. The Hall–Kier alpha value is -1.90. The molecule has 0 saturated heterocycles. The van der Waals surface area contributed by atoms with E-state index in [9.17, 15) is 4.79 Å². The van der Waals surface area contributed by atoms with Crippen molar-refractivity contribution in [2.45, 2.75) is 19.9 Å². The Balaban J connectivity index is 2.48. The molecule has 0 unspecified atom stereocenters. The normalized spacial score (nSPS) is 10.7. The Morgan fingerprint density at radius 2 is 2.00 bits per heavy atom. The van der Waals surface area contributed by atoms with Gasteiger partial charge in [0.1, 0.15) is 0 Å². The summed E-state index contributed by atoms with van der Waals surface area (Å²) in [6.45, 7) is 3.88. The summed E-state index contributed by atoms with van der Waals surface area (Å²) in [5, 5.41) is 3.86. The summed E-state index contributed by atoms with van der Waals surface area (Å²) in [7, 11) is 0. The van der Waals surface area contributed by atoms with Gasteiger partial charge in [0.2, 0.25) is 0 Å². The summed E-state index contributed by atoms with van der Waals surface area (Å²) in [4.78, 5) is 16.2. The first-order valence-corrected chi connectivity index (χ1v) is 5.33. The molecule has 1 aromatic heterocycles. The zero-order valence-corrected chi connectivity index (χ0v) is 9.40. The Morgan fingerprint density at radius 1 is 1.25 bits per heavy atom. The molecule has 0 radical (unpaired) electrons. The molecule has 1 N–H and O–H groups in total. The van der Waals surface area contributed by atoms with Gasteiger partial charge in [-0.05, 0) is 26.0 Å². The molecular weight excluding hydrogens is 200 g/mol. The van der Waals surface area contributed by atoms with Crippen LogP contribution in [-0.2, 0) is 0 Å². The SMILES string of the molecule is CC(C)NC(=O)c1cccc2cccnc12. The second-order valence-electron chi connectivity index (χ2n) is 4.01. The molecule has 3 heteroatoms. The molecule has 1 aromatic carbocycles. The third-order valence-corrected chi connectivity index (χ3v) is 2.30. The summed E-state index contributed by atoms with van der Waals surface area (Å²) >= 11 is 0. The van der Waals surface area contributed by atoms with Gasteiger partial charge in [-0.3, -0.25) is 9.78 Å². The van der Waals surface area contributed by atoms with Crippen LogP contribution in [0.3, 0.4) is 0 Å². The van der Waals surface area contributed by atoms with Crippen LogP contribution >= 0.6 is 0 Å². The lowest BCUT2D eigenvalue weighted by molar-refractivity contribution is 0.0944. The molecule has 0 aliphatic heterocycles. The molecule has 2 rings (SSSR count). The van der Waals surface area contributed by atoms with Crippen LogP contribution in [0.25, 0.3) is 10.9 Å². The first-order chi connectivity index (χ1) is 7.68. The number of fused-ring (bicyclic) bond motifs is 1. The minimum Gasteiger partial charge on any atom is -0.350 e. The number of hydrogen-bond donors (Lipinski definition) is 1. The summed E-state index contributed by atoms with van der Waals surface area (Å²) in [6.07, 6.45) is 1.70. The topological polar surface area (TPSA) is 42.0 Å². The van der Waals surface area contributed by atoms with Gasteiger partial charge in [0, 0.05) is 17.6 Å². The second-order valence-corrected chi connectivity index (χ2v) is 4.01. The highest BCUT2D eigenvalue weighted by Gasteiger charge is 2.10. The van der Waals surface area contributed by atoms with E-state index in [0.29, 0.717) is 5.56 Å². The van der Waals surface area contributed by atoms with Gasteiger partial charge in [0.05, 0.1) is 11.1 Å². The zero-order chi connectivity index (χ0) is 11.5. The minimum absolute atomic E-state index is 0.0701. The number of hydrogen-bond acceptors (Lipinski definition) is 2. The summed E-state index contributed by atoms with van der Waals surface area (Å²) in [6, 6.07) is 9.58. The molecule has 82 valence electrons. The molecule has 16 heavy (non-hydrogen) atoms. The van der Waals surface area contributed by atoms with E-state index in [4.69, 9.17) is 0 Å². The lowest BCUT2D eigenvalue weighted by Gasteiger charge is -2.09. The van der Waals surface area contributed by atoms with Gasteiger partial charge in [-0.2, -0.15) is 0 Å². The van der Waals surface area contributed by atoms with Gasteiger partial charge < -0.3 is 5.32 Å². The highest BCUT2D eigenvalue weighted by atomic mass is 16.1. The van der Waals surface area contributed by atoms with E-state index >= 15 is 0 Å². The lowest BCUT2D eigenvalue weighted by Crippen LogP contribution is -2.30. The van der Waals surface area contributed by atoms with E-state index in [1.807, 2.05) is 38.1 Å². The predicted molar refractivity (Wildman–Crippen MR) is 64.3 cm³/mol. The molecule has 0 saturated carbocycles. The number of pyridine rings is 1. The fourth-order valence-electron chi connectivity index (χ4n) is 1.63. The lowest BCUT2D eigenvalue weighted by atomic mass is 10.1. The van der Waals surface area contributed by atoms with Crippen LogP contribution in [0.5, 0.6) is 0 Å². The third kappa shape index (κ3) is 2.03. The van der Waals surface area contributed by atoms with Gasteiger partial charge in [0.15, 0.2) is 0 Å². The maximum Gasteiger partial charge on any atom is 0.253 e. The van der Waals surface area contributed by atoms with Crippen molar-refractivity contribution in [3.63, 3.8) is 0 Å². The molecule has 0 aliphatic rings. The van der Waals surface area contributed by atoms with E-state index < -0.39 is 0 Å². The molecule has 1 heterocycles. The number of amides is 1. The molecule has 3 nitrogen and oxygen atoms in total. The minimum atomic E-state index is -0.0701. The highest BCUT2D eigenvalue weighted by molar-refractivity contribution is 6.05. The Kier molecular flexibility index (Phi) is 2.86. The molecule has 0 fully saturated rings. The van der Waals surface area contributed by atoms with Crippen molar-refractivity contribution in [2.75, 3.05) is 0 Å². The van der Waals surface area contributed by atoms with Crippen LogP contribution in [0.15, 0.2) is 36.5 Å². The van der Waals surface area contributed by atoms with Crippen molar-refractivity contribution in [2.24, 2.45) is 0 Å². The van der Waals surface area contributed by atoms with Crippen molar-refractivity contribution in [3.05, 3.63) is 42.1 Å². The van der Waals surface area contributed by atoms with E-state index in [1.54, 1.807) is 12.3 Å². The number of rotatable bonds is 2. The van der Waals surface area contributed by atoms with Crippen molar-refractivity contribution in [1.29, 1.82) is 0 Å². The zero-order valence-electron chi connectivity index (χ0n) is 9.40. The number of carbonyl (C=O) groups is 1. The third-order valence-electron chi connectivity index (χ3n) is 2.30. The van der Waals surface area contributed by atoms with Crippen molar-refractivity contribution in [1.82, 2.24) is 10.3 Å². The first kappa shape index (κ1) is 10.6. The van der Waals surface area contributed by atoms with E-state index in [0.717, 1.165) is 10.9 Å². The first-order valence-electron chi connectivity index (χ1n) is 5.33. The average molecular weight is 214 g/mol. The van der Waals surface area contributed by atoms with Crippen LogP contribution < -0.4 is 5.32 Å². The van der Waals surface area contributed by atoms with Gasteiger partial charge >= 0.3 is 0 Å². The van der Waals surface area contributed by atoms with Gasteiger partial charge in [-0.25, -0.2) is 0 Å². The van der Waals surface area contributed by atoms with Gasteiger partial charge in [-0.15, -0.1) is 0 Å². The fourth-order valence-corrected chi connectivity index (χ4v) is 1.63. The van der Waals surface area contributed by atoms with Crippen molar-refractivity contribution >= 4 is 16.8 Å². The van der Waals surface area contributed by atoms with Crippen LogP contribution in [0.4, 0.5) is 0 Å². The van der Waals surface area contributed by atoms with E-state index in [-0.39, 0.29) is 11.9 Å². The average Bonchev–Trinajstić information content (AvgIpc) is 2.27. The molecular formula is C13H14N2O. The van der Waals surface area contributed by atoms with Crippen LogP contribution in [0.1, 0.15) is 24.2 Å². The monoisotopic (exact) mass is 214 g/mol. The molecule has 0 aliphatic carbocycles. The standard InChI is InChI=1S/C13H14N2O/c1-9(2)15-13(16)11-7-3-5-10-6-4-8-14-12(10)11/h3-9H,1-2H3,(H,15,16). The quantitative estimate of drug-likeness (QED) is 0.833. The van der Waals surface area contributed by atoms with E-state index in [2.05, 4.69) is 10.3 Å². The maximum atomic E-state index is 11.9. The Bertz CT molecular complexity index is 515. The molecule has 0 spiro atoms. The van der Waals surface area contributed by atoms with Gasteiger partial charge in [0.25, 0.3) is 5.91 Å². The number of nitrogens with one attached hydrogen (secondary N) is 1. The Labute approximate surface area is 94.5 Å². The largest absolute Gasteiger partial charge is 0.350 e. The van der Waals surface area contributed by atoms with Crippen molar-refractivity contribution in [3.8, 4) is 0 Å². The maximum absolute atomic E-state index is 11.9. The number of aromatic nitrogens is 1. The number of benzene rings is 1. The molecule has 1 amide bonds. The smallest absolute Gasteiger partial charge is 0.253 e.